The number of ether oxygens (including phenoxy) is 3. The molecule has 1 saturated heterocycles. The third kappa shape index (κ3) is 4.52. The van der Waals surface area contributed by atoms with Crippen molar-refractivity contribution in [2.45, 2.75) is 29.7 Å². The molecule has 0 bridgehead atoms. The van der Waals surface area contributed by atoms with E-state index in [1.807, 2.05) is 0 Å². The number of esters is 1. The Morgan fingerprint density at radius 3 is 2.35 bits per heavy atom. The Hall–Kier alpha value is -4.17. The Morgan fingerprint density at radius 2 is 1.73 bits per heavy atom. The number of hydrogen-bond donors (Lipinski definition) is 0. The van der Waals surface area contributed by atoms with Crippen molar-refractivity contribution in [3.8, 4) is 11.5 Å². The van der Waals surface area contributed by atoms with E-state index in [4.69, 9.17) is 14.2 Å². The fraction of sp³-hybridized carbons (Fsp3) is 0.308. The summed E-state index contributed by atoms with van der Waals surface area (Å²) >= 11 is 1.97. The number of imide groups is 1. The first-order valence-corrected chi connectivity index (χ1v) is 13.8. The summed E-state index contributed by atoms with van der Waals surface area (Å²) in [5.41, 5.74) is 0.641. The van der Waals surface area contributed by atoms with E-state index in [0.29, 0.717) is 27.0 Å². The number of nitro groups is 1. The van der Waals surface area contributed by atoms with E-state index in [9.17, 15) is 29.3 Å². The molecule has 0 spiro atoms. The molecular weight excluding hydrogens is 562 g/mol. The lowest BCUT2D eigenvalue weighted by atomic mass is 9.83. The lowest BCUT2D eigenvalue weighted by Crippen LogP contribution is -2.32. The molecule has 1 fully saturated rings. The first kappa shape index (κ1) is 27.4. The van der Waals surface area contributed by atoms with Crippen molar-refractivity contribution < 1.29 is 33.5 Å². The van der Waals surface area contributed by atoms with Gasteiger partial charge in [-0.2, -0.15) is 0 Å². The topological polar surface area (TPSA) is 147 Å². The average molecular weight is 586 g/mol. The number of anilines is 1. The number of fused-ring (bicyclic) bond motifs is 2. The third-order valence-electron chi connectivity index (χ3n) is 6.73. The van der Waals surface area contributed by atoms with Crippen molar-refractivity contribution in [2.24, 2.45) is 5.92 Å². The van der Waals surface area contributed by atoms with Crippen molar-refractivity contribution in [3.63, 3.8) is 0 Å². The van der Waals surface area contributed by atoms with Crippen molar-refractivity contribution in [2.75, 3.05) is 25.7 Å². The fourth-order valence-electron chi connectivity index (χ4n) is 4.97. The van der Waals surface area contributed by atoms with Crippen molar-refractivity contribution in [1.29, 1.82) is 0 Å². The van der Waals surface area contributed by atoms with Crippen molar-refractivity contribution >= 4 is 52.3 Å². The summed E-state index contributed by atoms with van der Waals surface area (Å²) in [6.07, 6.45) is 0. The SMILES string of the molecule is CCOC(=O)Cn1c2c(sc1=O)C(c1ccc(OC)c(OC)c1)C1C(=O)N(c3ccc([N+](=O)[O-])cc3)C(=O)C1S2. The van der Waals surface area contributed by atoms with E-state index in [1.165, 1.54) is 43.1 Å². The van der Waals surface area contributed by atoms with Gasteiger partial charge in [0.05, 0.1) is 42.4 Å². The smallest absolute Gasteiger partial charge is 0.326 e. The predicted molar refractivity (Wildman–Crippen MR) is 145 cm³/mol. The minimum Gasteiger partial charge on any atom is -0.493 e. The van der Waals surface area contributed by atoms with Crippen LogP contribution >= 0.6 is 23.1 Å². The van der Waals surface area contributed by atoms with Crippen LogP contribution in [0.15, 0.2) is 52.3 Å². The highest BCUT2D eigenvalue weighted by Gasteiger charge is 2.57. The first-order chi connectivity index (χ1) is 19.2. The molecule has 1 aromatic heterocycles. The molecule has 2 aliphatic rings. The highest BCUT2D eigenvalue weighted by Crippen LogP contribution is 2.54. The maximum absolute atomic E-state index is 13.9. The number of methoxy groups -OCH3 is 2. The van der Waals surface area contributed by atoms with E-state index in [0.717, 1.165) is 28.0 Å². The molecule has 3 atom stereocenters. The van der Waals surface area contributed by atoms with Crippen LogP contribution in [0.25, 0.3) is 0 Å². The summed E-state index contributed by atoms with van der Waals surface area (Å²) in [7, 11) is 2.97. The van der Waals surface area contributed by atoms with Crippen LogP contribution in [0.4, 0.5) is 11.4 Å². The minimum atomic E-state index is -0.921. The number of carbonyl (C=O) groups excluding carboxylic acids is 3. The number of amides is 2. The number of thiazole rings is 1. The Labute approximate surface area is 235 Å². The maximum Gasteiger partial charge on any atom is 0.326 e. The molecule has 0 radical (unpaired) electrons. The molecule has 3 heterocycles. The third-order valence-corrected chi connectivity index (χ3v) is 9.33. The van der Waals surface area contributed by atoms with Crippen LogP contribution < -0.4 is 19.2 Å². The number of thioether (sulfide) groups is 1. The van der Waals surface area contributed by atoms with Crippen LogP contribution in [0.5, 0.6) is 11.5 Å². The van der Waals surface area contributed by atoms with Gasteiger partial charge in [-0.1, -0.05) is 29.2 Å². The quantitative estimate of drug-likeness (QED) is 0.167. The van der Waals surface area contributed by atoms with Gasteiger partial charge in [0, 0.05) is 22.9 Å². The normalized spacial score (nSPS) is 19.7. The molecule has 5 rings (SSSR count). The van der Waals surface area contributed by atoms with Crippen LogP contribution in [-0.2, 0) is 25.7 Å². The van der Waals surface area contributed by atoms with Crippen molar-refractivity contribution in [3.05, 3.63) is 72.7 Å². The highest BCUT2D eigenvalue weighted by atomic mass is 32.2. The number of benzene rings is 2. The summed E-state index contributed by atoms with van der Waals surface area (Å²) in [4.78, 5) is 64.8. The van der Waals surface area contributed by atoms with Crippen LogP contribution in [-0.4, -0.2) is 53.4 Å². The summed E-state index contributed by atoms with van der Waals surface area (Å²) in [6, 6.07) is 10.3. The zero-order chi connectivity index (χ0) is 28.7. The van der Waals surface area contributed by atoms with Crippen LogP contribution in [0.3, 0.4) is 0 Å². The summed E-state index contributed by atoms with van der Waals surface area (Å²) in [6.45, 7) is 1.46. The molecule has 208 valence electrons. The van der Waals surface area contributed by atoms with Crippen molar-refractivity contribution in [1.82, 2.24) is 4.57 Å². The predicted octanol–water partition coefficient (Wildman–Crippen LogP) is 3.19. The lowest BCUT2D eigenvalue weighted by Gasteiger charge is -2.31. The number of nitrogens with zero attached hydrogens (tertiary/aromatic N) is 3. The Bertz CT molecular complexity index is 1580. The minimum absolute atomic E-state index is 0.142. The molecule has 0 saturated carbocycles. The number of hydrogen-bond acceptors (Lipinski definition) is 11. The molecule has 14 heteroatoms. The van der Waals surface area contributed by atoms with E-state index in [1.54, 1.807) is 25.1 Å². The average Bonchev–Trinajstić information content (AvgIpc) is 3.38. The van der Waals surface area contributed by atoms with E-state index >= 15 is 0 Å². The van der Waals surface area contributed by atoms with Gasteiger partial charge in [0.15, 0.2) is 11.5 Å². The zero-order valence-corrected chi connectivity index (χ0v) is 23.2. The van der Waals surface area contributed by atoms with E-state index in [-0.39, 0.29) is 24.5 Å². The number of carbonyl (C=O) groups is 3. The highest BCUT2D eigenvalue weighted by molar-refractivity contribution is 8.00. The zero-order valence-electron chi connectivity index (χ0n) is 21.5. The molecular formula is C26H23N3O9S2. The Balaban J connectivity index is 1.65. The molecule has 2 aliphatic heterocycles. The van der Waals surface area contributed by atoms with Crippen LogP contribution in [0.2, 0.25) is 0 Å². The standard InChI is InChI=1S/C26H23N3O9S2/c1-4-38-18(30)12-27-25-22(40-26(27)33)19(13-5-10-16(36-2)17(11-13)37-3)20-21(39-25)24(32)28(23(20)31)14-6-8-15(9-7-14)29(34)35/h5-11,19-21H,4,12H2,1-3H3. The molecule has 2 amide bonds. The summed E-state index contributed by atoms with van der Waals surface area (Å²) in [5, 5.41) is 10.6. The maximum atomic E-state index is 13.9. The molecule has 40 heavy (non-hydrogen) atoms. The number of nitro benzene ring substituents is 1. The van der Waals surface area contributed by atoms with Gasteiger partial charge >= 0.3 is 10.8 Å². The first-order valence-electron chi connectivity index (χ1n) is 12.1. The van der Waals surface area contributed by atoms with Gasteiger partial charge in [-0.05, 0) is 36.8 Å². The van der Waals surface area contributed by atoms with E-state index in [2.05, 4.69) is 0 Å². The van der Waals surface area contributed by atoms with Crippen LogP contribution in [0.1, 0.15) is 23.3 Å². The molecule has 0 aliphatic carbocycles. The van der Waals surface area contributed by atoms with Gasteiger partial charge < -0.3 is 14.2 Å². The molecule has 3 unspecified atom stereocenters. The van der Waals surface area contributed by atoms with Gasteiger partial charge in [0.25, 0.3) is 5.69 Å². The summed E-state index contributed by atoms with van der Waals surface area (Å²) in [5.74, 6) is -2.38. The Morgan fingerprint density at radius 1 is 1.02 bits per heavy atom. The summed E-state index contributed by atoms with van der Waals surface area (Å²) < 4.78 is 17.1. The Kier molecular flexibility index (Phi) is 7.38. The van der Waals surface area contributed by atoms with Gasteiger partial charge in [0.1, 0.15) is 11.8 Å². The largest absolute Gasteiger partial charge is 0.493 e. The van der Waals surface area contributed by atoms with Gasteiger partial charge in [-0.15, -0.1) is 0 Å². The van der Waals surface area contributed by atoms with Gasteiger partial charge in [-0.25, -0.2) is 4.90 Å². The second-order valence-electron chi connectivity index (χ2n) is 8.87. The molecule has 3 aromatic rings. The lowest BCUT2D eigenvalue weighted by molar-refractivity contribution is -0.384. The second kappa shape index (κ2) is 10.8. The van der Waals surface area contributed by atoms with Crippen LogP contribution in [0, 0.1) is 16.0 Å². The monoisotopic (exact) mass is 585 g/mol. The fourth-order valence-corrected chi connectivity index (χ4v) is 7.75. The second-order valence-corrected chi connectivity index (χ2v) is 11.0. The number of non-ortho nitro benzene ring substituents is 1. The van der Waals surface area contributed by atoms with Gasteiger partial charge in [0.2, 0.25) is 11.8 Å². The van der Waals surface area contributed by atoms with Gasteiger partial charge in [-0.3, -0.25) is 33.9 Å². The molecule has 0 N–H and O–H groups in total. The molecule has 2 aromatic carbocycles. The van der Waals surface area contributed by atoms with E-state index < -0.39 is 44.7 Å². The molecule has 12 nitrogen and oxygen atoms in total. The number of rotatable bonds is 8. The number of aromatic nitrogens is 1.